The molecule has 2 rings (SSSR count). The van der Waals surface area contributed by atoms with E-state index in [0.717, 1.165) is 5.56 Å². The van der Waals surface area contributed by atoms with Crippen molar-refractivity contribution in [1.82, 2.24) is 5.32 Å². The van der Waals surface area contributed by atoms with Gasteiger partial charge in [0, 0.05) is 6.54 Å². The summed E-state index contributed by atoms with van der Waals surface area (Å²) in [5, 5.41) is 2.90. The van der Waals surface area contributed by atoms with Crippen LogP contribution in [0.4, 0.5) is 0 Å². The molecule has 1 unspecified atom stereocenters. The van der Waals surface area contributed by atoms with Gasteiger partial charge in [-0.25, -0.2) is 0 Å². The van der Waals surface area contributed by atoms with Gasteiger partial charge in [0.05, 0.1) is 21.3 Å². The van der Waals surface area contributed by atoms with Crippen LogP contribution in [0.25, 0.3) is 0 Å². The lowest BCUT2D eigenvalue weighted by molar-refractivity contribution is -0.128. The molecule has 2 aromatic rings. The van der Waals surface area contributed by atoms with Gasteiger partial charge in [0.1, 0.15) is 0 Å². The lowest BCUT2D eigenvalue weighted by Gasteiger charge is -2.19. The van der Waals surface area contributed by atoms with Crippen molar-refractivity contribution in [3.8, 4) is 23.0 Å². The first-order valence-electron chi connectivity index (χ1n) is 8.41. The molecule has 1 N–H and O–H groups in total. The van der Waals surface area contributed by atoms with Crippen LogP contribution in [0.2, 0.25) is 0 Å². The second-order valence-corrected chi connectivity index (χ2v) is 5.57. The van der Waals surface area contributed by atoms with Crippen LogP contribution in [0.3, 0.4) is 0 Å². The predicted octanol–water partition coefficient (Wildman–Crippen LogP) is 3.19. The average molecular weight is 359 g/mol. The maximum Gasteiger partial charge on any atom is 0.261 e. The Kier molecular flexibility index (Phi) is 7.14. The second kappa shape index (κ2) is 9.56. The van der Waals surface area contributed by atoms with Crippen LogP contribution in [-0.2, 0) is 11.3 Å². The van der Waals surface area contributed by atoms with Crippen LogP contribution in [-0.4, -0.2) is 33.3 Å². The Hall–Kier alpha value is -2.89. The quantitative estimate of drug-likeness (QED) is 0.745. The number of hydrogen-bond acceptors (Lipinski definition) is 5. The Morgan fingerprint density at radius 1 is 0.923 bits per heavy atom. The summed E-state index contributed by atoms with van der Waals surface area (Å²) in [6.07, 6.45) is -0.0676. The lowest BCUT2D eigenvalue weighted by atomic mass is 10.2. The standard InChI is InChI=1S/C20H25NO5/c1-5-15(26-18-9-7-6-8-16(18)23-2)20(22)21-13-14-10-11-17(24-3)19(12-14)25-4/h6-12,15H,5,13H2,1-4H3,(H,21,22). The molecular weight excluding hydrogens is 334 g/mol. The third kappa shape index (κ3) is 4.81. The molecule has 140 valence electrons. The molecule has 0 bridgehead atoms. The molecule has 1 amide bonds. The maximum absolute atomic E-state index is 12.5. The molecule has 26 heavy (non-hydrogen) atoms. The molecule has 0 aliphatic heterocycles. The van der Waals surface area contributed by atoms with E-state index in [2.05, 4.69) is 5.32 Å². The fourth-order valence-corrected chi connectivity index (χ4v) is 2.49. The van der Waals surface area contributed by atoms with Gasteiger partial charge in [0.25, 0.3) is 5.91 Å². The van der Waals surface area contributed by atoms with E-state index in [1.54, 1.807) is 33.5 Å². The summed E-state index contributed by atoms with van der Waals surface area (Å²) in [7, 11) is 4.73. The van der Waals surface area contributed by atoms with E-state index >= 15 is 0 Å². The van der Waals surface area contributed by atoms with Crippen molar-refractivity contribution >= 4 is 5.91 Å². The van der Waals surface area contributed by atoms with Crippen molar-refractivity contribution in [2.75, 3.05) is 21.3 Å². The summed E-state index contributed by atoms with van der Waals surface area (Å²) < 4.78 is 21.6. The van der Waals surface area contributed by atoms with E-state index in [9.17, 15) is 4.79 Å². The Labute approximate surface area is 154 Å². The van der Waals surface area contributed by atoms with Crippen molar-refractivity contribution in [3.05, 3.63) is 48.0 Å². The van der Waals surface area contributed by atoms with Crippen molar-refractivity contribution < 1.29 is 23.7 Å². The molecule has 0 aliphatic rings. The van der Waals surface area contributed by atoms with E-state index in [1.165, 1.54) is 0 Å². The number of rotatable bonds is 9. The zero-order chi connectivity index (χ0) is 18.9. The Morgan fingerprint density at radius 3 is 2.15 bits per heavy atom. The average Bonchev–Trinajstić information content (AvgIpc) is 2.70. The minimum Gasteiger partial charge on any atom is -0.493 e. The van der Waals surface area contributed by atoms with E-state index < -0.39 is 6.10 Å². The number of amides is 1. The number of methoxy groups -OCH3 is 3. The molecule has 1 atom stereocenters. The topological polar surface area (TPSA) is 66.0 Å². The zero-order valence-corrected chi connectivity index (χ0v) is 15.6. The third-order valence-corrected chi connectivity index (χ3v) is 3.92. The first-order chi connectivity index (χ1) is 12.6. The van der Waals surface area contributed by atoms with Crippen LogP contribution < -0.4 is 24.3 Å². The summed E-state index contributed by atoms with van der Waals surface area (Å²) in [5.74, 6) is 2.22. The molecule has 0 fully saturated rings. The van der Waals surface area contributed by atoms with Gasteiger partial charge in [0.2, 0.25) is 0 Å². The minimum absolute atomic E-state index is 0.187. The van der Waals surface area contributed by atoms with Gasteiger partial charge in [-0.05, 0) is 36.2 Å². The van der Waals surface area contributed by atoms with Gasteiger partial charge in [0.15, 0.2) is 29.1 Å². The number of nitrogens with one attached hydrogen (secondary N) is 1. The molecule has 0 saturated heterocycles. The number of carbonyl (C=O) groups excluding carboxylic acids is 1. The van der Waals surface area contributed by atoms with Gasteiger partial charge in [-0.1, -0.05) is 25.1 Å². The normalized spacial score (nSPS) is 11.4. The monoisotopic (exact) mass is 359 g/mol. The van der Waals surface area contributed by atoms with Crippen molar-refractivity contribution in [1.29, 1.82) is 0 Å². The van der Waals surface area contributed by atoms with E-state index in [4.69, 9.17) is 18.9 Å². The van der Waals surface area contributed by atoms with Crippen molar-refractivity contribution in [2.45, 2.75) is 26.0 Å². The molecule has 0 saturated carbocycles. The molecule has 0 aromatic heterocycles. The smallest absolute Gasteiger partial charge is 0.261 e. The number of ether oxygens (including phenoxy) is 4. The highest BCUT2D eigenvalue weighted by molar-refractivity contribution is 5.81. The Bertz CT molecular complexity index is 732. The summed E-state index contributed by atoms with van der Waals surface area (Å²) >= 11 is 0. The molecule has 0 spiro atoms. The predicted molar refractivity (Wildman–Crippen MR) is 99.1 cm³/mol. The fraction of sp³-hybridized carbons (Fsp3) is 0.350. The largest absolute Gasteiger partial charge is 0.493 e. The summed E-state index contributed by atoms with van der Waals surface area (Å²) in [6, 6.07) is 12.8. The minimum atomic E-state index is -0.605. The molecule has 0 heterocycles. The van der Waals surface area contributed by atoms with E-state index in [1.807, 2.05) is 37.3 Å². The fourth-order valence-electron chi connectivity index (χ4n) is 2.49. The van der Waals surface area contributed by atoms with Crippen LogP contribution in [0.15, 0.2) is 42.5 Å². The highest BCUT2D eigenvalue weighted by atomic mass is 16.5. The Morgan fingerprint density at radius 2 is 1.54 bits per heavy atom. The van der Waals surface area contributed by atoms with Crippen molar-refractivity contribution in [2.24, 2.45) is 0 Å². The summed E-state index contributed by atoms with van der Waals surface area (Å²) in [6.45, 7) is 2.26. The van der Waals surface area contributed by atoms with Crippen LogP contribution in [0.1, 0.15) is 18.9 Å². The third-order valence-electron chi connectivity index (χ3n) is 3.92. The van der Waals surface area contributed by atoms with E-state index in [0.29, 0.717) is 36.0 Å². The second-order valence-electron chi connectivity index (χ2n) is 5.57. The first-order valence-corrected chi connectivity index (χ1v) is 8.41. The van der Waals surface area contributed by atoms with Gasteiger partial charge < -0.3 is 24.3 Å². The van der Waals surface area contributed by atoms with Gasteiger partial charge in [-0.3, -0.25) is 4.79 Å². The molecular formula is C20H25NO5. The van der Waals surface area contributed by atoms with Crippen LogP contribution >= 0.6 is 0 Å². The molecule has 6 heteroatoms. The lowest BCUT2D eigenvalue weighted by Crippen LogP contribution is -2.37. The van der Waals surface area contributed by atoms with Crippen LogP contribution in [0.5, 0.6) is 23.0 Å². The molecule has 0 radical (unpaired) electrons. The van der Waals surface area contributed by atoms with Gasteiger partial charge in [-0.15, -0.1) is 0 Å². The van der Waals surface area contributed by atoms with Crippen molar-refractivity contribution in [3.63, 3.8) is 0 Å². The highest BCUT2D eigenvalue weighted by Gasteiger charge is 2.20. The number of benzene rings is 2. The zero-order valence-electron chi connectivity index (χ0n) is 15.6. The number of hydrogen-bond donors (Lipinski definition) is 1. The molecule has 2 aromatic carbocycles. The molecule has 0 aliphatic carbocycles. The van der Waals surface area contributed by atoms with Gasteiger partial charge >= 0.3 is 0 Å². The van der Waals surface area contributed by atoms with E-state index in [-0.39, 0.29) is 5.91 Å². The maximum atomic E-state index is 12.5. The van der Waals surface area contributed by atoms with Crippen LogP contribution in [0, 0.1) is 0 Å². The first kappa shape index (κ1) is 19.4. The summed E-state index contributed by atoms with van der Waals surface area (Å²) in [5.41, 5.74) is 0.906. The SMILES string of the molecule is CCC(Oc1ccccc1OC)C(=O)NCc1ccc(OC)c(OC)c1. The molecule has 6 nitrogen and oxygen atoms in total. The number of para-hydroxylation sites is 2. The number of carbonyl (C=O) groups is 1. The Balaban J connectivity index is 2.01. The highest BCUT2D eigenvalue weighted by Crippen LogP contribution is 2.28. The summed E-state index contributed by atoms with van der Waals surface area (Å²) in [4.78, 5) is 12.5. The van der Waals surface area contributed by atoms with Gasteiger partial charge in [-0.2, -0.15) is 0 Å².